The van der Waals surface area contributed by atoms with Gasteiger partial charge in [-0.15, -0.1) is 11.3 Å². The van der Waals surface area contributed by atoms with E-state index in [0.29, 0.717) is 0 Å². The first-order valence-electron chi connectivity index (χ1n) is 6.52. The number of thiazole rings is 1. The average molecular weight is 275 g/mol. The number of nitrogens with zero attached hydrogens (tertiary/aromatic N) is 2. The Kier molecular flexibility index (Phi) is 4.32. The van der Waals surface area contributed by atoms with E-state index >= 15 is 0 Å². The zero-order valence-electron chi connectivity index (χ0n) is 12.0. The number of aromatic nitrogens is 2. The molecule has 2 heterocycles. The van der Waals surface area contributed by atoms with Crippen LogP contribution in [0.1, 0.15) is 42.6 Å². The summed E-state index contributed by atoms with van der Waals surface area (Å²) in [4.78, 5) is 8.83. The van der Waals surface area contributed by atoms with Crippen LogP contribution in [0.3, 0.4) is 0 Å². The summed E-state index contributed by atoms with van der Waals surface area (Å²) in [6.07, 6.45) is 3.75. The van der Waals surface area contributed by atoms with E-state index in [1.54, 1.807) is 11.3 Å². The second kappa shape index (κ2) is 5.80. The lowest BCUT2D eigenvalue weighted by Crippen LogP contribution is -2.15. The van der Waals surface area contributed by atoms with Crippen LogP contribution in [0.2, 0.25) is 0 Å². The standard InChI is InChI=1S/C15H21N3S/c1-11-5-6-16-7-12(11)8-17-9-13-10-19-14(18-13)15(2,3)4/h5-7,10,17H,8-9H2,1-4H3. The lowest BCUT2D eigenvalue weighted by molar-refractivity contribution is 0.579. The molecular weight excluding hydrogens is 254 g/mol. The van der Waals surface area contributed by atoms with Gasteiger partial charge < -0.3 is 5.32 Å². The summed E-state index contributed by atoms with van der Waals surface area (Å²) < 4.78 is 0. The van der Waals surface area contributed by atoms with Crippen LogP contribution in [0, 0.1) is 6.92 Å². The third-order valence-corrected chi connectivity index (χ3v) is 4.28. The van der Waals surface area contributed by atoms with Gasteiger partial charge in [0.05, 0.1) is 10.7 Å². The molecule has 2 aromatic heterocycles. The SMILES string of the molecule is Cc1ccncc1CNCc1csc(C(C)(C)C)n1. The van der Waals surface area contributed by atoms with Crippen LogP contribution in [-0.4, -0.2) is 9.97 Å². The highest BCUT2D eigenvalue weighted by Gasteiger charge is 2.17. The number of pyridine rings is 1. The fraction of sp³-hybridized carbons (Fsp3) is 0.467. The van der Waals surface area contributed by atoms with Gasteiger partial charge in [-0.25, -0.2) is 4.98 Å². The van der Waals surface area contributed by atoms with Crippen molar-refractivity contribution in [1.29, 1.82) is 0 Å². The van der Waals surface area contributed by atoms with Crippen molar-refractivity contribution >= 4 is 11.3 Å². The maximum atomic E-state index is 4.68. The predicted octanol–water partition coefficient (Wildman–Crippen LogP) is 3.43. The highest BCUT2D eigenvalue weighted by atomic mass is 32.1. The number of hydrogen-bond donors (Lipinski definition) is 1. The predicted molar refractivity (Wildman–Crippen MR) is 80.3 cm³/mol. The Morgan fingerprint density at radius 2 is 2.05 bits per heavy atom. The molecule has 0 aliphatic heterocycles. The minimum atomic E-state index is 0.142. The van der Waals surface area contributed by atoms with E-state index in [0.717, 1.165) is 18.8 Å². The van der Waals surface area contributed by atoms with Gasteiger partial charge in [-0.2, -0.15) is 0 Å². The van der Waals surface area contributed by atoms with E-state index in [9.17, 15) is 0 Å². The van der Waals surface area contributed by atoms with Crippen molar-refractivity contribution in [2.24, 2.45) is 0 Å². The first-order chi connectivity index (χ1) is 8.97. The largest absolute Gasteiger partial charge is 0.307 e. The Balaban J connectivity index is 1.90. The molecule has 0 aliphatic carbocycles. The van der Waals surface area contributed by atoms with Crippen LogP contribution in [0.25, 0.3) is 0 Å². The van der Waals surface area contributed by atoms with Crippen molar-refractivity contribution in [2.75, 3.05) is 0 Å². The molecule has 3 nitrogen and oxygen atoms in total. The fourth-order valence-electron chi connectivity index (χ4n) is 1.74. The molecule has 4 heteroatoms. The second-order valence-electron chi connectivity index (χ2n) is 5.80. The number of aryl methyl sites for hydroxylation is 1. The van der Waals surface area contributed by atoms with Gasteiger partial charge in [-0.05, 0) is 24.1 Å². The molecule has 0 atom stereocenters. The summed E-state index contributed by atoms with van der Waals surface area (Å²) in [5.41, 5.74) is 3.78. The lowest BCUT2D eigenvalue weighted by Gasteiger charge is -2.13. The van der Waals surface area contributed by atoms with Crippen molar-refractivity contribution in [3.8, 4) is 0 Å². The van der Waals surface area contributed by atoms with Crippen LogP contribution in [-0.2, 0) is 18.5 Å². The number of nitrogens with one attached hydrogen (secondary N) is 1. The smallest absolute Gasteiger partial charge is 0.0982 e. The minimum absolute atomic E-state index is 0.142. The van der Waals surface area contributed by atoms with Gasteiger partial charge in [0.25, 0.3) is 0 Å². The quantitative estimate of drug-likeness (QED) is 0.929. The van der Waals surface area contributed by atoms with E-state index < -0.39 is 0 Å². The van der Waals surface area contributed by atoms with E-state index in [1.807, 2.05) is 18.5 Å². The first-order valence-corrected chi connectivity index (χ1v) is 7.40. The summed E-state index contributed by atoms with van der Waals surface area (Å²) >= 11 is 1.74. The molecule has 2 aromatic rings. The van der Waals surface area contributed by atoms with E-state index in [1.165, 1.54) is 16.1 Å². The van der Waals surface area contributed by atoms with Gasteiger partial charge in [0.2, 0.25) is 0 Å². The summed E-state index contributed by atoms with van der Waals surface area (Å²) in [5, 5.41) is 6.77. The Hall–Kier alpha value is -1.26. The molecule has 19 heavy (non-hydrogen) atoms. The highest BCUT2D eigenvalue weighted by molar-refractivity contribution is 7.09. The maximum absolute atomic E-state index is 4.68. The zero-order chi connectivity index (χ0) is 13.9. The van der Waals surface area contributed by atoms with Crippen LogP contribution in [0.5, 0.6) is 0 Å². The van der Waals surface area contributed by atoms with E-state index in [4.69, 9.17) is 0 Å². The van der Waals surface area contributed by atoms with E-state index in [2.05, 4.69) is 48.4 Å². The van der Waals surface area contributed by atoms with Crippen LogP contribution in [0.4, 0.5) is 0 Å². The summed E-state index contributed by atoms with van der Waals surface area (Å²) in [6.45, 7) is 10.3. The molecular formula is C15H21N3S. The summed E-state index contributed by atoms with van der Waals surface area (Å²) in [6, 6.07) is 2.04. The van der Waals surface area contributed by atoms with Gasteiger partial charge in [0.15, 0.2) is 0 Å². The topological polar surface area (TPSA) is 37.8 Å². The van der Waals surface area contributed by atoms with Crippen molar-refractivity contribution in [1.82, 2.24) is 15.3 Å². The third kappa shape index (κ3) is 3.85. The van der Waals surface area contributed by atoms with Crippen molar-refractivity contribution in [3.05, 3.63) is 45.7 Å². The van der Waals surface area contributed by atoms with Gasteiger partial charge >= 0.3 is 0 Å². The number of rotatable bonds is 4. The second-order valence-corrected chi connectivity index (χ2v) is 6.66. The van der Waals surface area contributed by atoms with Crippen LogP contribution in [0.15, 0.2) is 23.8 Å². The molecule has 2 rings (SSSR count). The molecule has 0 saturated carbocycles. The summed E-state index contributed by atoms with van der Waals surface area (Å²) in [5.74, 6) is 0. The lowest BCUT2D eigenvalue weighted by atomic mass is 9.98. The molecule has 0 bridgehead atoms. The Morgan fingerprint density at radius 1 is 1.26 bits per heavy atom. The molecule has 0 radical (unpaired) electrons. The minimum Gasteiger partial charge on any atom is -0.307 e. The van der Waals surface area contributed by atoms with E-state index in [-0.39, 0.29) is 5.41 Å². The van der Waals surface area contributed by atoms with Crippen LogP contribution < -0.4 is 5.32 Å². The van der Waals surface area contributed by atoms with Gasteiger partial charge in [0.1, 0.15) is 0 Å². The molecule has 0 aliphatic rings. The molecule has 0 amide bonds. The van der Waals surface area contributed by atoms with Crippen molar-refractivity contribution in [2.45, 2.75) is 46.2 Å². The van der Waals surface area contributed by atoms with Crippen molar-refractivity contribution < 1.29 is 0 Å². The van der Waals surface area contributed by atoms with Crippen molar-refractivity contribution in [3.63, 3.8) is 0 Å². The monoisotopic (exact) mass is 275 g/mol. The fourth-order valence-corrected chi connectivity index (χ4v) is 2.65. The molecule has 0 aromatic carbocycles. The number of hydrogen-bond acceptors (Lipinski definition) is 4. The maximum Gasteiger partial charge on any atom is 0.0982 e. The molecule has 0 spiro atoms. The molecule has 0 unspecified atom stereocenters. The molecule has 0 saturated heterocycles. The highest BCUT2D eigenvalue weighted by Crippen LogP contribution is 2.25. The van der Waals surface area contributed by atoms with Gasteiger partial charge in [-0.3, -0.25) is 4.98 Å². The normalized spacial score (nSPS) is 11.8. The Labute approximate surface area is 119 Å². The molecule has 0 fully saturated rings. The van der Waals surface area contributed by atoms with Gasteiger partial charge in [-0.1, -0.05) is 20.8 Å². The molecule has 1 N–H and O–H groups in total. The molecule has 102 valence electrons. The Bertz CT molecular complexity index is 540. The average Bonchev–Trinajstić information content (AvgIpc) is 2.80. The third-order valence-electron chi connectivity index (χ3n) is 2.96. The Morgan fingerprint density at radius 3 is 2.68 bits per heavy atom. The first kappa shape index (κ1) is 14.2. The zero-order valence-corrected chi connectivity index (χ0v) is 12.8. The summed E-state index contributed by atoms with van der Waals surface area (Å²) in [7, 11) is 0. The van der Waals surface area contributed by atoms with Gasteiger partial charge in [0, 0.05) is 36.3 Å². The van der Waals surface area contributed by atoms with Crippen LogP contribution >= 0.6 is 11.3 Å².